The number of ether oxygens (including phenoxy) is 1. The smallest absolute Gasteiger partial charge is 0.287 e. The molecule has 2 heterocycles. The molecule has 0 atom stereocenters. The molecule has 1 aromatic heterocycles. The van der Waals surface area contributed by atoms with Gasteiger partial charge in [-0.2, -0.15) is 0 Å². The van der Waals surface area contributed by atoms with Crippen LogP contribution >= 0.6 is 0 Å². The molecule has 7 heteroatoms. The molecule has 2 aromatic carbocycles. The SMILES string of the molecule is COc1ccc(N2CCN(C(=O)CCCNC(=O)c3cc4ccccc4o3)CC2)cc1. The largest absolute Gasteiger partial charge is 0.497 e. The molecule has 1 N–H and O–H groups in total. The zero-order valence-corrected chi connectivity index (χ0v) is 17.7. The van der Waals surface area contributed by atoms with Crippen molar-refractivity contribution >= 4 is 28.5 Å². The summed E-state index contributed by atoms with van der Waals surface area (Å²) < 4.78 is 10.8. The third-order valence-corrected chi connectivity index (χ3v) is 5.57. The highest BCUT2D eigenvalue weighted by molar-refractivity contribution is 5.96. The average Bonchev–Trinajstić information content (AvgIpc) is 3.26. The summed E-state index contributed by atoms with van der Waals surface area (Å²) in [6, 6.07) is 17.2. The number of amides is 2. The summed E-state index contributed by atoms with van der Waals surface area (Å²) in [5.74, 6) is 1.01. The first kappa shape index (κ1) is 20.8. The van der Waals surface area contributed by atoms with E-state index < -0.39 is 0 Å². The number of carbonyl (C=O) groups excluding carboxylic acids is 2. The number of furan rings is 1. The molecule has 0 radical (unpaired) electrons. The van der Waals surface area contributed by atoms with Crippen molar-refractivity contribution in [2.75, 3.05) is 44.7 Å². The van der Waals surface area contributed by atoms with Gasteiger partial charge in [0.2, 0.25) is 5.91 Å². The first-order chi connectivity index (χ1) is 15.1. The van der Waals surface area contributed by atoms with Gasteiger partial charge < -0.3 is 24.3 Å². The van der Waals surface area contributed by atoms with Crippen molar-refractivity contribution in [1.82, 2.24) is 10.2 Å². The highest BCUT2D eigenvalue weighted by atomic mass is 16.5. The van der Waals surface area contributed by atoms with Crippen molar-refractivity contribution < 1.29 is 18.7 Å². The molecule has 1 aliphatic heterocycles. The van der Waals surface area contributed by atoms with Gasteiger partial charge in [-0.25, -0.2) is 0 Å². The van der Waals surface area contributed by atoms with E-state index in [4.69, 9.17) is 9.15 Å². The summed E-state index contributed by atoms with van der Waals surface area (Å²) in [6.07, 6.45) is 1.02. The molecular weight excluding hydrogens is 394 g/mol. The molecule has 1 aliphatic rings. The molecule has 31 heavy (non-hydrogen) atoms. The summed E-state index contributed by atoms with van der Waals surface area (Å²) in [5.41, 5.74) is 1.83. The molecule has 7 nitrogen and oxygen atoms in total. The Morgan fingerprint density at radius 2 is 1.77 bits per heavy atom. The van der Waals surface area contributed by atoms with Gasteiger partial charge in [0.1, 0.15) is 11.3 Å². The van der Waals surface area contributed by atoms with Gasteiger partial charge in [-0.3, -0.25) is 9.59 Å². The number of nitrogens with one attached hydrogen (secondary N) is 1. The van der Waals surface area contributed by atoms with Crippen LogP contribution in [0.1, 0.15) is 23.4 Å². The molecule has 0 spiro atoms. The minimum atomic E-state index is -0.253. The predicted molar refractivity (Wildman–Crippen MR) is 120 cm³/mol. The number of benzene rings is 2. The summed E-state index contributed by atoms with van der Waals surface area (Å²) >= 11 is 0. The van der Waals surface area contributed by atoms with Gasteiger partial charge in [-0.05, 0) is 42.8 Å². The van der Waals surface area contributed by atoms with Gasteiger partial charge in [0.15, 0.2) is 5.76 Å². The molecule has 0 aliphatic carbocycles. The topological polar surface area (TPSA) is 75.0 Å². The molecule has 3 aromatic rings. The van der Waals surface area contributed by atoms with E-state index in [0.717, 1.165) is 29.9 Å². The zero-order valence-electron chi connectivity index (χ0n) is 17.7. The minimum absolute atomic E-state index is 0.132. The number of fused-ring (bicyclic) bond motifs is 1. The van der Waals surface area contributed by atoms with E-state index >= 15 is 0 Å². The van der Waals surface area contributed by atoms with Crippen LogP contribution in [0.15, 0.2) is 59.0 Å². The van der Waals surface area contributed by atoms with Crippen molar-refractivity contribution in [1.29, 1.82) is 0 Å². The van der Waals surface area contributed by atoms with E-state index in [1.165, 1.54) is 0 Å². The molecule has 1 fully saturated rings. The monoisotopic (exact) mass is 421 g/mol. The molecular formula is C24H27N3O4. The maximum absolute atomic E-state index is 12.5. The van der Waals surface area contributed by atoms with Gasteiger partial charge in [-0.1, -0.05) is 18.2 Å². The van der Waals surface area contributed by atoms with E-state index in [-0.39, 0.29) is 11.8 Å². The summed E-state index contributed by atoms with van der Waals surface area (Å²) in [5, 5.41) is 3.73. The molecule has 0 bridgehead atoms. The Morgan fingerprint density at radius 3 is 2.48 bits per heavy atom. The Morgan fingerprint density at radius 1 is 1.03 bits per heavy atom. The zero-order chi connectivity index (χ0) is 21.6. The van der Waals surface area contributed by atoms with E-state index in [2.05, 4.69) is 10.2 Å². The number of carbonyl (C=O) groups is 2. The number of methoxy groups -OCH3 is 1. The quantitative estimate of drug-likeness (QED) is 0.593. The van der Waals surface area contributed by atoms with E-state index in [9.17, 15) is 9.59 Å². The van der Waals surface area contributed by atoms with Crippen molar-refractivity contribution in [3.05, 3.63) is 60.4 Å². The second kappa shape index (κ2) is 9.55. The number of anilines is 1. The second-order valence-corrected chi connectivity index (χ2v) is 7.57. The van der Waals surface area contributed by atoms with Crippen LogP contribution in [0.2, 0.25) is 0 Å². The Hall–Kier alpha value is -3.48. The minimum Gasteiger partial charge on any atom is -0.497 e. The van der Waals surface area contributed by atoms with Crippen molar-refractivity contribution in [3.63, 3.8) is 0 Å². The van der Waals surface area contributed by atoms with E-state index in [1.807, 2.05) is 53.4 Å². The van der Waals surface area contributed by atoms with Crippen LogP contribution in [0.4, 0.5) is 5.69 Å². The van der Waals surface area contributed by atoms with Gasteiger partial charge in [0.05, 0.1) is 7.11 Å². The Labute approximate surface area is 181 Å². The van der Waals surface area contributed by atoms with Gasteiger partial charge >= 0.3 is 0 Å². The van der Waals surface area contributed by atoms with Crippen LogP contribution in [-0.4, -0.2) is 56.5 Å². The lowest BCUT2D eigenvalue weighted by Gasteiger charge is -2.36. The standard InChI is InChI=1S/C24H27N3O4/c1-30-20-10-8-19(9-11-20)26-13-15-27(16-14-26)23(28)7-4-12-25-24(29)22-17-18-5-2-3-6-21(18)31-22/h2-3,5-6,8-11,17H,4,7,12-16H2,1H3,(H,25,29). The van der Waals surface area contributed by atoms with Gasteiger partial charge in [0, 0.05) is 50.2 Å². The molecule has 4 rings (SSSR count). The normalized spacial score (nSPS) is 14.0. The number of piperazine rings is 1. The fourth-order valence-corrected chi connectivity index (χ4v) is 3.79. The number of para-hydroxylation sites is 1. The Bertz CT molecular complexity index is 1000. The maximum Gasteiger partial charge on any atom is 0.287 e. The Balaban J connectivity index is 1.17. The number of rotatable bonds is 7. The lowest BCUT2D eigenvalue weighted by molar-refractivity contribution is -0.131. The highest BCUT2D eigenvalue weighted by Gasteiger charge is 2.21. The van der Waals surface area contributed by atoms with Crippen LogP contribution in [0.3, 0.4) is 0 Å². The van der Waals surface area contributed by atoms with Crippen molar-refractivity contribution in [2.24, 2.45) is 0 Å². The average molecular weight is 421 g/mol. The molecule has 162 valence electrons. The lowest BCUT2D eigenvalue weighted by atomic mass is 10.2. The Kier molecular flexibility index (Phi) is 6.40. The van der Waals surface area contributed by atoms with E-state index in [1.54, 1.807) is 13.2 Å². The molecule has 1 saturated heterocycles. The number of nitrogens with zero attached hydrogens (tertiary/aromatic N) is 2. The first-order valence-electron chi connectivity index (χ1n) is 10.6. The molecule has 0 saturated carbocycles. The van der Waals surface area contributed by atoms with Crippen LogP contribution < -0.4 is 15.0 Å². The van der Waals surface area contributed by atoms with Crippen LogP contribution in [0, 0.1) is 0 Å². The fraction of sp³-hybridized carbons (Fsp3) is 0.333. The van der Waals surface area contributed by atoms with Gasteiger partial charge in [-0.15, -0.1) is 0 Å². The van der Waals surface area contributed by atoms with Crippen molar-refractivity contribution in [3.8, 4) is 5.75 Å². The summed E-state index contributed by atoms with van der Waals surface area (Å²) in [4.78, 5) is 29.0. The first-order valence-corrected chi connectivity index (χ1v) is 10.6. The molecule has 0 unspecified atom stereocenters. The lowest BCUT2D eigenvalue weighted by Crippen LogP contribution is -2.48. The number of hydrogen-bond acceptors (Lipinski definition) is 5. The van der Waals surface area contributed by atoms with Gasteiger partial charge in [0.25, 0.3) is 5.91 Å². The second-order valence-electron chi connectivity index (χ2n) is 7.57. The third kappa shape index (κ3) is 4.99. The molecule has 2 amide bonds. The van der Waals surface area contributed by atoms with E-state index in [0.29, 0.717) is 43.8 Å². The third-order valence-electron chi connectivity index (χ3n) is 5.57. The summed E-state index contributed by atoms with van der Waals surface area (Å²) in [7, 11) is 1.66. The van der Waals surface area contributed by atoms with Crippen LogP contribution in [0.5, 0.6) is 5.75 Å². The summed E-state index contributed by atoms with van der Waals surface area (Å²) in [6.45, 7) is 3.46. The number of hydrogen-bond donors (Lipinski definition) is 1. The maximum atomic E-state index is 12.5. The van der Waals surface area contributed by atoms with Crippen molar-refractivity contribution in [2.45, 2.75) is 12.8 Å². The fourth-order valence-electron chi connectivity index (χ4n) is 3.79. The highest BCUT2D eigenvalue weighted by Crippen LogP contribution is 2.21. The predicted octanol–water partition coefficient (Wildman–Crippen LogP) is 3.30. The van der Waals surface area contributed by atoms with Crippen LogP contribution in [-0.2, 0) is 4.79 Å². The van der Waals surface area contributed by atoms with Crippen LogP contribution in [0.25, 0.3) is 11.0 Å².